The van der Waals surface area contributed by atoms with Gasteiger partial charge in [0.15, 0.2) is 0 Å². The number of carbonyl (C=O) groups is 1. The standard InChI is InChI=1S/C12H15N3O5S/c16-12(17)5-4-10-2-1-3-11(13-10)14-21(18,19)15-6-8-20-9-7-15/h1-5H,6-9H2,(H,13,14)(H,16,17). The van der Waals surface area contributed by atoms with Crippen molar-refractivity contribution in [2.24, 2.45) is 0 Å². The maximum atomic E-state index is 12.1. The van der Waals surface area contributed by atoms with E-state index >= 15 is 0 Å². The zero-order chi connectivity index (χ0) is 15.3. The molecule has 0 radical (unpaired) electrons. The van der Waals surface area contributed by atoms with Gasteiger partial charge in [0.05, 0.1) is 18.9 Å². The van der Waals surface area contributed by atoms with Crippen LogP contribution < -0.4 is 4.72 Å². The fourth-order valence-electron chi connectivity index (χ4n) is 1.74. The number of hydrogen-bond donors (Lipinski definition) is 2. The van der Waals surface area contributed by atoms with Gasteiger partial charge in [0, 0.05) is 19.2 Å². The SMILES string of the molecule is O=C(O)C=Cc1cccc(NS(=O)(=O)N2CCOCC2)n1. The summed E-state index contributed by atoms with van der Waals surface area (Å²) in [5.41, 5.74) is 0.347. The van der Waals surface area contributed by atoms with Crippen molar-refractivity contribution in [1.82, 2.24) is 9.29 Å². The Balaban J connectivity index is 2.11. The molecule has 0 bridgehead atoms. The lowest BCUT2D eigenvalue weighted by atomic mass is 10.3. The molecule has 0 spiro atoms. The Bertz CT molecular complexity index is 638. The predicted octanol–water partition coefficient (Wildman–Crippen LogP) is 0.168. The molecule has 1 aliphatic rings. The van der Waals surface area contributed by atoms with E-state index < -0.39 is 16.2 Å². The molecule has 1 saturated heterocycles. The normalized spacial score (nSPS) is 17.0. The monoisotopic (exact) mass is 313 g/mol. The quantitative estimate of drug-likeness (QED) is 0.750. The van der Waals surface area contributed by atoms with E-state index in [0.717, 1.165) is 6.08 Å². The number of nitrogens with one attached hydrogen (secondary N) is 1. The predicted molar refractivity (Wildman–Crippen MR) is 75.8 cm³/mol. The van der Waals surface area contributed by atoms with Gasteiger partial charge in [-0.2, -0.15) is 12.7 Å². The fourth-order valence-corrected chi connectivity index (χ4v) is 2.88. The molecule has 1 aromatic rings. The summed E-state index contributed by atoms with van der Waals surface area (Å²) in [7, 11) is -3.68. The summed E-state index contributed by atoms with van der Waals surface area (Å²) in [4.78, 5) is 14.5. The van der Waals surface area contributed by atoms with E-state index in [1.54, 1.807) is 12.1 Å². The van der Waals surface area contributed by atoms with Crippen molar-refractivity contribution in [1.29, 1.82) is 0 Å². The van der Waals surface area contributed by atoms with Gasteiger partial charge in [-0.1, -0.05) is 6.07 Å². The molecule has 2 N–H and O–H groups in total. The van der Waals surface area contributed by atoms with Crippen LogP contribution in [0.2, 0.25) is 0 Å². The van der Waals surface area contributed by atoms with Crippen LogP contribution in [-0.2, 0) is 19.7 Å². The molecule has 1 aliphatic heterocycles. The number of anilines is 1. The number of carboxylic acid groups (broad SMARTS) is 1. The van der Waals surface area contributed by atoms with Crippen molar-refractivity contribution < 1.29 is 23.1 Å². The summed E-state index contributed by atoms with van der Waals surface area (Å²) in [6.45, 7) is 1.29. The summed E-state index contributed by atoms with van der Waals surface area (Å²) >= 11 is 0. The zero-order valence-electron chi connectivity index (χ0n) is 11.1. The molecule has 114 valence electrons. The van der Waals surface area contributed by atoms with E-state index in [2.05, 4.69) is 9.71 Å². The number of rotatable bonds is 5. The van der Waals surface area contributed by atoms with Gasteiger partial charge in [0.25, 0.3) is 0 Å². The second-order valence-corrected chi connectivity index (χ2v) is 5.91. The van der Waals surface area contributed by atoms with Crippen LogP contribution in [0.1, 0.15) is 5.69 Å². The Morgan fingerprint density at radius 1 is 1.38 bits per heavy atom. The summed E-state index contributed by atoms with van der Waals surface area (Å²) in [5.74, 6) is -0.967. The lowest BCUT2D eigenvalue weighted by Crippen LogP contribution is -2.43. The van der Waals surface area contributed by atoms with Gasteiger partial charge in [0.1, 0.15) is 5.82 Å². The Morgan fingerprint density at radius 3 is 2.76 bits per heavy atom. The van der Waals surface area contributed by atoms with Crippen LogP contribution in [0, 0.1) is 0 Å². The topological polar surface area (TPSA) is 109 Å². The third-order valence-corrected chi connectivity index (χ3v) is 4.22. The highest BCUT2D eigenvalue weighted by molar-refractivity contribution is 7.90. The molecule has 21 heavy (non-hydrogen) atoms. The Hall–Kier alpha value is -1.97. The molecule has 0 amide bonds. The fraction of sp³-hybridized carbons (Fsp3) is 0.333. The van der Waals surface area contributed by atoms with Gasteiger partial charge in [0.2, 0.25) is 0 Å². The van der Waals surface area contributed by atoms with Crippen molar-refractivity contribution in [2.75, 3.05) is 31.0 Å². The Morgan fingerprint density at radius 2 is 2.10 bits per heavy atom. The molecular formula is C12H15N3O5S. The van der Waals surface area contributed by atoms with E-state index in [-0.39, 0.29) is 18.9 Å². The van der Waals surface area contributed by atoms with Crippen LogP contribution in [-0.4, -0.2) is 55.1 Å². The minimum absolute atomic E-state index is 0.133. The van der Waals surface area contributed by atoms with Gasteiger partial charge in [-0.3, -0.25) is 4.72 Å². The van der Waals surface area contributed by atoms with Gasteiger partial charge >= 0.3 is 16.2 Å². The Kier molecular flexibility index (Phi) is 4.89. The van der Waals surface area contributed by atoms with Gasteiger partial charge in [-0.05, 0) is 18.2 Å². The molecule has 0 aromatic carbocycles. The van der Waals surface area contributed by atoms with Crippen LogP contribution >= 0.6 is 0 Å². The van der Waals surface area contributed by atoms with E-state index in [1.165, 1.54) is 16.4 Å². The second kappa shape index (κ2) is 6.66. The first-order valence-electron chi connectivity index (χ1n) is 6.21. The highest BCUT2D eigenvalue weighted by atomic mass is 32.2. The number of ether oxygens (including phenoxy) is 1. The molecular weight excluding hydrogens is 298 g/mol. The van der Waals surface area contributed by atoms with Crippen molar-refractivity contribution in [3.05, 3.63) is 30.0 Å². The van der Waals surface area contributed by atoms with Crippen LogP contribution in [0.25, 0.3) is 6.08 Å². The van der Waals surface area contributed by atoms with Crippen LogP contribution in [0.15, 0.2) is 24.3 Å². The van der Waals surface area contributed by atoms with E-state index in [9.17, 15) is 13.2 Å². The number of aromatic nitrogens is 1. The molecule has 2 heterocycles. The molecule has 0 aliphatic carbocycles. The molecule has 1 aromatic heterocycles. The molecule has 1 fully saturated rings. The van der Waals surface area contributed by atoms with Gasteiger partial charge in [-0.15, -0.1) is 0 Å². The minimum Gasteiger partial charge on any atom is -0.478 e. The summed E-state index contributed by atoms with van der Waals surface area (Å²) in [5, 5.41) is 8.56. The zero-order valence-corrected chi connectivity index (χ0v) is 11.9. The van der Waals surface area contributed by atoms with E-state index in [0.29, 0.717) is 18.9 Å². The highest BCUT2D eigenvalue weighted by Crippen LogP contribution is 2.12. The van der Waals surface area contributed by atoms with Crippen LogP contribution in [0.5, 0.6) is 0 Å². The summed E-state index contributed by atoms with van der Waals surface area (Å²) < 4.78 is 33.0. The lowest BCUT2D eigenvalue weighted by molar-refractivity contribution is -0.131. The maximum Gasteiger partial charge on any atom is 0.328 e. The lowest BCUT2D eigenvalue weighted by Gasteiger charge is -2.26. The number of morpholine rings is 1. The molecule has 2 rings (SSSR count). The third-order valence-electron chi connectivity index (χ3n) is 2.71. The first-order chi connectivity index (χ1) is 9.97. The summed E-state index contributed by atoms with van der Waals surface area (Å²) in [6.07, 6.45) is 2.22. The summed E-state index contributed by atoms with van der Waals surface area (Å²) in [6, 6.07) is 4.66. The number of nitrogens with zero attached hydrogens (tertiary/aromatic N) is 2. The number of hydrogen-bond acceptors (Lipinski definition) is 5. The first kappa shape index (κ1) is 15.4. The third kappa shape index (κ3) is 4.52. The van der Waals surface area contributed by atoms with Crippen molar-refractivity contribution in [3.63, 3.8) is 0 Å². The van der Waals surface area contributed by atoms with Gasteiger partial charge < -0.3 is 9.84 Å². The molecule has 9 heteroatoms. The van der Waals surface area contributed by atoms with Crippen LogP contribution in [0.4, 0.5) is 5.82 Å². The second-order valence-electron chi connectivity index (χ2n) is 4.24. The van der Waals surface area contributed by atoms with Crippen molar-refractivity contribution in [2.45, 2.75) is 0 Å². The average Bonchev–Trinajstić information content (AvgIpc) is 2.46. The van der Waals surface area contributed by atoms with E-state index in [4.69, 9.17) is 9.84 Å². The average molecular weight is 313 g/mol. The minimum atomic E-state index is -3.68. The van der Waals surface area contributed by atoms with E-state index in [1.807, 2.05) is 0 Å². The van der Waals surface area contributed by atoms with Crippen molar-refractivity contribution in [3.8, 4) is 0 Å². The number of pyridine rings is 1. The van der Waals surface area contributed by atoms with Gasteiger partial charge in [-0.25, -0.2) is 9.78 Å². The van der Waals surface area contributed by atoms with Crippen molar-refractivity contribution >= 4 is 28.1 Å². The molecule has 8 nitrogen and oxygen atoms in total. The Labute approximate surface area is 122 Å². The number of carboxylic acids is 1. The number of aliphatic carboxylic acids is 1. The molecule has 0 atom stereocenters. The highest BCUT2D eigenvalue weighted by Gasteiger charge is 2.24. The largest absolute Gasteiger partial charge is 0.478 e. The smallest absolute Gasteiger partial charge is 0.328 e. The maximum absolute atomic E-state index is 12.1. The van der Waals surface area contributed by atoms with Crippen LogP contribution in [0.3, 0.4) is 0 Å². The molecule has 0 saturated carbocycles. The molecule has 0 unspecified atom stereocenters. The first-order valence-corrected chi connectivity index (χ1v) is 7.65.